The standard InChI is InChI=1S/C9H16N4O/c1-3-13(8-4-10-5-8)6-9-12-11-7(2)14-9/h8,10H,3-6H2,1-2H3. The quantitative estimate of drug-likeness (QED) is 0.744. The molecule has 14 heavy (non-hydrogen) atoms. The van der Waals surface area contributed by atoms with E-state index in [4.69, 9.17) is 4.42 Å². The maximum Gasteiger partial charge on any atom is 0.230 e. The molecule has 78 valence electrons. The average molecular weight is 196 g/mol. The Labute approximate surface area is 83.5 Å². The Hall–Kier alpha value is -0.940. The molecule has 0 bridgehead atoms. The van der Waals surface area contributed by atoms with Crippen molar-refractivity contribution in [1.29, 1.82) is 0 Å². The number of likely N-dealkylation sites (N-methyl/N-ethyl adjacent to an activating group) is 1. The van der Waals surface area contributed by atoms with Crippen LogP contribution in [-0.2, 0) is 6.54 Å². The lowest BCUT2D eigenvalue weighted by atomic mass is 10.1. The second-order valence-electron chi connectivity index (χ2n) is 3.59. The topological polar surface area (TPSA) is 54.2 Å². The van der Waals surface area contributed by atoms with Gasteiger partial charge >= 0.3 is 0 Å². The first-order valence-electron chi connectivity index (χ1n) is 5.03. The Balaban J connectivity index is 1.93. The summed E-state index contributed by atoms with van der Waals surface area (Å²) in [5, 5.41) is 11.1. The van der Waals surface area contributed by atoms with Crippen LogP contribution in [0.15, 0.2) is 4.42 Å². The van der Waals surface area contributed by atoms with Crippen LogP contribution < -0.4 is 5.32 Å². The van der Waals surface area contributed by atoms with Gasteiger partial charge in [-0.3, -0.25) is 4.90 Å². The van der Waals surface area contributed by atoms with Crippen molar-refractivity contribution < 1.29 is 4.42 Å². The fourth-order valence-corrected chi connectivity index (χ4v) is 1.61. The maximum atomic E-state index is 5.35. The molecule has 0 amide bonds. The van der Waals surface area contributed by atoms with Crippen molar-refractivity contribution in [1.82, 2.24) is 20.4 Å². The first-order valence-corrected chi connectivity index (χ1v) is 5.03. The van der Waals surface area contributed by atoms with E-state index in [0.717, 1.165) is 32.1 Å². The van der Waals surface area contributed by atoms with Gasteiger partial charge in [0.2, 0.25) is 11.8 Å². The fraction of sp³-hybridized carbons (Fsp3) is 0.778. The molecule has 0 unspecified atom stereocenters. The van der Waals surface area contributed by atoms with E-state index in [0.29, 0.717) is 11.9 Å². The van der Waals surface area contributed by atoms with Crippen LogP contribution in [0.3, 0.4) is 0 Å². The van der Waals surface area contributed by atoms with E-state index in [9.17, 15) is 0 Å². The lowest BCUT2D eigenvalue weighted by molar-refractivity contribution is 0.132. The molecule has 2 rings (SSSR count). The molecular weight excluding hydrogens is 180 g/mol. The Morgan fingerprint density at radius 2 is 2.29 bits per heavy atom. The van der Waals surface area contributed by atoms with Crippen LogP contribution >= 0.6 is 0 Å². The number of nitrogens with one attached hydrogen (secondary N) is 1. The molecule has 1 N–H and O–H groups in total. The minimum absolute atomic E-state index is 0.632. The molecule has 1 aliphatic heterocycles. The van der Waals surface area contributed by atoms with Crippen LogP contribution in [0.2, 0.25) is 0 Å². The first kappa shape index (κ1) is 9.61. The highest BCUT2D eigenvalue weighted by Gasteiger charge is 2.24. The van der Waals surface area contributed by atoms with E-state index in [1.54, 1.807) is 0 Å². The van der Waals surface area contributed by atoms with Crippen molar-refractivity contribution in [2.24, 2.45) is 0 Å². The Morgan fingerprint density at radius 3 is 2.71 bits per heavy atom. The Kier molecular flexibility index (Phi) is 2.79. The summed E-state index contributed by atoms with van der Waals surface area (Å²) in [6, 6.07) is 0.632. The normalized spacial score (nSPS) is 17.4. The fourth-order valence-electron chi connectivity index (χ4n) is 1.61. The molecule has 1 fully saturated rings. The highest BCUT2D eigenvalue weighted by molar-refractivity contribution is 4.87. The van der Waals surface area contributed by atoms with Crippen molar-refractivity contribution >= 4 is 0 Å². The van der Waals surface area contributed by atoms with Crippen molar-refractivity contribution in [3.05, 3.63) is 11.8 Å². The summed E-state index contributed by atoms with van der Waals surface area (Å²) in [5.41, 5.74) is 0. The van der Waals surface area contributed by atoms with E-state index in [-0.39, 0.29) is 0 Å². The van der Waals surface area contributed by atoms with Gasteiger partial charge in [0, 0.05) is 26.1 Å². The molecule has 0 spiro atoms. The SMILES string of the molecule is CCN(Cc1nnc(C)o1)C1CNC1. The zero-order valence-corrected chi connectivity index (χ0v) is 8.66. The van der Waals surface area contributed by atoms with Crippen LogP contribution in [0.1, 0.15) is 18.7 Å². The number of aromatic nitrogens is 2. The molecule has 1 aromatic rings. The third-order valence-corrected chi connectivity index (χ3v) is 2.59. The van der Waals surface area contributed by atoms with Crippen molar-refractivity contribution in [2.45, 2.75) is 26.4 Å². The van der Waals surface area contributed by atoms with Gasteiger partial charge in [0.25, 0.3) is 0 Å². The number of hydrogen-bond donors (Lipinski definition) is 1. The average Bonchev–Trinajstić information content (AvgIpc) is 2.47. The third kappa shape index (κ3) is 1.93. The van der Waals surface area contributed by atoms with Gasteiger partial charge in [0.15, 0.2) is 0 Å². The highest BCUT2D eigenvalue weighted by atomic mass is 16.4. The third-order valence-electron chi connectivity index (χ3n) is 2.59. The summed E-state index contributed by atoms with van der Waals surface area (Å²) in [6.45, 7) is 7.90. The molecular formula is C9H16N4O. The molecule has 0 radical (unpaired) electrons. The van der Waals surface area contributed by atoms with Gasteiger partial charge in [-0.15, -0.1) is 10.2 Å². The van der Waals surface area contributed by atoms with Crippen LogP contribution in [0.25, 0.3) is 0 Å². The maximum absolute atomic E-state index is 5.35. The van der Waals surface area contributed by atoms with Crippen LogP contribution in [0, 0.1) is 6.92 Å². The Morgan fingerprint density at radius 1 is 1.50 bits per heavy atom. The summed E-state index contributed by atoms with van der Waals surface area (Å²) >= 11 is 0. The molecule has 0 aliphatic carbocycles. The highest BCUT2D eigenvalue weighted by Crippen LogP contribution is 2.09. The van der Waals surface area contributed by atoms with Crippen molar-refractivity contribution in [3.63, 3.8) is 0 Å². The first-order chi connectivity index (χ1) is 6.79. The van der Waals surface area contributed by atoms with Gasteiger partial charge in [-0.25, -0.2) is 0 Å². The Bertz CT molecular complexity index is 295. The molecule has 0 saturated carbocycles. The molecule has 5 nitrogen and oxygen atoms in total. The minimum Gasteiger partial charge on any atom is -0.424 e. The molecule has 2 heterocycles. The van der Waals surface area contributed by atoms with Gasteiger partial charge in [0.1, 0.15) is 0 Å². The number of nitrogens with zero attached hydrogens (tertiary/aromatic N) is 3. The van der Waals surface area contributed by atoms with Crippen LogP contribution in [-0.4, -0.2) is 40.8 Å². The number of rotatable bonds is 4. The minimum atomic E-state index is 0.632. The summed E-state index contributed by atoms with van der Waals surface area (Å²) in [4.78, 5) is 2.35. The second kappa shape index (κ2) is 4.06. The van der Waals surface area contributed by atoms with E-state index < -0.39 is 0 Å². The predicted molar refractivity (Wildman–Crippen MR) is 51.8 cm³/mol. The second-order valence-corrected chi connectivity index (χ2v) is 3.59. The summed E-state index contributed by atoms with van der Waals surface area (Å²) in [5.74, 6) is 1.36. The summed E-state index contributed by atoms with van der Waals surface area (Å²) in [7, 11) is 0. The zero-order valence-electron chi connectivity index (χ0n) is 8.66. The number of hydrogen-bond acceptors (Lipinski definition) is 5. The summed E-state index contributed by atoms with van der Waals surface area (Å²) in [6.07, 6.45) is 0. The molecule has 5 heteroatoms. The van der Waals surface area contributed by atoms with Crippen LogP contribution in [0.5, 0.6) is 0 Å². The van der Waals surface area contributed by atoms with Gasteiger partial charge in [-0.2, -0.15) is 0 Å². The van der Waals surface area contributed by atoms with E-state index in [1.807, 2.05) is 6.92 Å². The van der Waals surface area contributed by atoms with Crippen LogP contribution in [0.4, 0.5) is 0 Å². The molecule has 0 aromatic carbocycles. The zero-order chi connectivity index (χ0) is 9.97. The smallest absolute Gasteiger partial charge is 0.230 e. The lowest BCUT2D eigenvalue weighted by Gasteiger charge is -2.36. The van der Waals surface area contributed by atoms with Crippen molar-refractivity contribution in [3.8, 4) is 0 Å². The van der Waals surface area contributed by atoms with Gasteiger partial charge in [0.05, 0.1) is 6.54 Å². The molecule has 1 aromatic heterocycles. The number of aryl methyl sites for hydroxylation is 1. The largest absolute Gasteiger partial charge is 0.424 e. The van der Waals surface area contributed by atoms with E-state index in [1.165, 1.54) is 0 Å². The molecule has 1 aliphatic rings. The van der Waals surface area contributed by atoms with E-state index >= 15 is 0 Å². The van der Waals surface area contributed by atoms with Gasteiger partial charge < -0.3 is 9.73 Å². The van der Waals surface area contributed by atoms with Gasteiger partial charge in [-0.05, 0) is 6.54 Å². The predicted octanol–water partition coefficient (Wildman–Crippen LogP) is 0.172. The molecule has 0 atom stereocenters. The lowest BCUT2D eigenvalue weighted by Crippen LogP contribution is -2.56. The van der Waals surface area contributed by atoms with Gasteiger partial charge in [-0.1, -0.05) is 6.92 Å². The summed E-state index contributed by atoms with van der Waals surface area (Å²) < 4.78 is 5.35. The van der Waals surface area contributed by atoms with E-state index in [2.05, 4.69) is 27.3 Å². The van der Waals surface area contributed by atoms with Crippen molar-refractivity contribution in [2.75, 3.05) is 19.6 Å². The molecule has 1 saturated heterocycles. The monoisotopic (exact) mass is 196 g/mol.